The number of carboxylic acid groups (broad SMARTS) is 1. The van der Waals surface area contributed by atoms with E-state index >= 15 is 0 Å². The molecule has 7 heteroatoms. The lowest BCUT2D eigenvalue weighted by atomic mass is 9.86. The van der Waals surface area contributed by atoms with Gasteiger partial charge in [0.1, 0.15) is 0 Å². The number of hydrogen-bond acceptors (Lipinski definition) is 4. The van der Waals surface area contributed by atoms with Crippen molar-refractivity contribution < 1.29 is 28.6 Å². The van der Waals surface area contributed by atoms with Gasteiger partial charge in [0.05, 0.1) is 13.0 Å². The highest BCUT2D eigenvalue weighted by Crippen LogP contribution is 2.24. The Labute approximate surface area is 133 Å². The van der Waals surface area contributed by atoms with Gasteiger partial charge < -0.3 is 19.9 Å². The smallest absolute Gasteiger partial charge is 0.308 e. The molecular formula is C16H20FNO5. The summed E-state index contributed by atoms with van der Waals surface area (Å²) in [5.41, 5.74) is 0.124. The Balaban J connectivity index is 1.98. The van der Waals surface area contributed by atoms with Crippen LogP contribution in [0.5, 0.6) is 5.75 Å². The zero-order chi connectivity index (χ0) is 16.8. The Bertz CT molecular complexity index is 572. The third kappa shape index (κ3) is 4.41. The molecule has 1 saturated heterocycles. The summed E-state index contributed by atoms with van der Waals surface area (Å²) < 4.78 is 23.6. The zero-order valence-corrected chi connectivity index (χ0v) is 12.9. The first-order valence-corrected chi connectivity index (χ1v) is 7.45. The van der Waals surface area contributed by atoms with Gasteiger partial charge in [-0.1, -0.05) is 0 Å². The number of nitrogens with one attached hydrogen (secondary N) is 1. The fraction of sp³-hybridized carbons (Fsp3) is 0.500. The van der Waals surface area contributed by atoms with Crippen LogP contribution < -0.4 is 10.1 Å². The zero-order valence-electron chi connectivity index (χ0n) is 12.9. The number of methoxy groups -OCH3 is 1. The summed E-state index contributed by atoms with van der Waals surface area (Å²) >= 11 is 0. The molecule has 23 heavy (non-hydrogen) atoms. The van der Waals surface area contributed by atoms with Crippen molar-refractivity contribution in [2.24, 2.45) is 11.8 Å². The minimum absolute atomic E-state index is 0.00643. The SMILES string of the molecule is COc1ccc(C(=O)NCC(C(=O)O)C2CCOCC2)cc1F. The van der Waals surface area contributed by atoms with Crippen molar-refractivity contribution in [3.63, 3.8) is 0 Å². The molecule has 1 unspecified atom stereocenters. The van der Waals surface area contributed by atoms with E-state index in [0.29, 0.717) is 26.1 Å². The third-order valence-electron chi connectivity index (χ3n) is 4.05. The lowest BCUT2D eigenvalue weighted by Gasteiger charge is -2.27. The van der Waals surface area contributed by atoms with Gasteiger partial charge in [-0.15, -0.1) is 0 Å². The Morgan fingerprint density at radius 2 is 2.13 bits per heavy atom. The van der Waals surface area contributed by atoms with Gasteiger partial charge in [-0.25, -0.2) is 4.39 Å². The monoisotopic (exact) mass is 325 g/mol. The second kappa shape index (κ2) is 7.92. The molecule has 1 aromatic rings. The number of carbonyl (C=O) groups is 2. The maximum absolute atomic E-state index is 13.6. The highest BCUT2D eigenvalue weighted by atomic mass is 19.1. The Hall–Kier alpha value is -2.15. The van der Waals surface area contributed by atoms with Crippen LogP contribution >= 0.6 is 0 Å². The Kier molecular flexibility index (Phi) is 5.92. The highest BCUT2D eigenvalue weighted by Gasteiger charge is 2.30. The van der Waals surface area contributed by atoms with Gasteiger partial charge in [0, 0.05) is 25.3 Å². The van der Waals surface area contributed by atoms with Crippen LogP contribution in [0.3, 0.4) is 0 Å². The lowest BCUT2D eigenvalue weighted by Crippen LogP contribution is -2.39. The van der Waals surface area contributed by atoms with Crippen molar-refractivity contribution in [2.75, 3.05) is 26.9 Å². The highest BCUT2D eigenvalue weighted by molar-refractivity contribution is 5.94. The molecule has 1 amide bonds. The summed E-state index contributed by atoms with van der Waals surface area (Å²) in [6, 6.07) is 3.86. The number of benzene rings is 1. The van der Waals surface area contributed by atoms with Crippen molar-refractivity contribution in [1.82, 2.24) is 5.32 Å². The number of ether oxygens (including phenoxy) is 2. The molecule has 0 radical (unpaired) electrons. The predicted molar refractivity (Wildman–Crippen MR) is 80.0 cm³/mol. The van der Waals surface area contributed by atoms with Gasteiger partial charge >= 0.3 is 5.97 Å². The van der Waals surface area contributed by atoms with Crippen LogP contribution in [0.25, 0.3) is 0 Å². The molecule has 126 valence electrons. The van der Waals surface area contributed by atoms with Gasteiger partial charge in [-0.2, -0.15) is 0 Å². The van der Waals surface area contributed by atoms with Gasteiger partial charge in [-0.05, 0) is 37.0 Å². The molecule has 0 aliphatic carbocycles. The van der Waals surface area contributed by atoms with Gasteiger partial charge in [0.15, 0.2) is 11.6 Å². The molecule has 2 N–H and O–H groups in total. The van der Waals surface area contributed by atoms with Crippen molar-refractivity contribution in [2.45, 2.75) is 12.8 Å². The molecule has 1 fully saturated rings. The van der Waals surface area contributed by atoms with Crippen LogP contribution in [0.1, 0.15) is 23.2 Å². The fourth-order valence-corrected chi connectivity index (χ4v) is 2.69. The number of carbonyl (C=O) groups excluding carboxylic acids is 1. The van der Waals surface area contributed by atoms with E-state index in [-0.39, 0.29) is 23.8 Å². The van der Waals surface area contributed by atoms with E-state index in [0.717, 1.165) is 6.07 Å². The molecule has 1 aliphatic rings. The number of carboxylic acids is 1. The molecule has 0 bridgehead atoms. The largest absolute Gasteiger partial charge is 0.494 e. The molecule has 2 rings (SSSR count). The summed E-state index contributed by atoms with van der Waals surface area (Å²) in [5.74, 6) is -2.75. The first-order valence-electron chi connectivity index (χ1n) is 7.45. The minimum atomic E-state index is -0.946. The van der Waals surface area contributed by atoms with Crippen molar-refractivity contribution in [1.29, 1.82) is 0 Å². The molecule has 1 aromatic carbocycles. The van der Waals surface area contributed by atoms with E-state index in [1.165, 1.54) is 19.2 Å². The quantitative estimate of drug-likeness (QED) is 0.831. The van der Waals surface area contributed by atoms with E-state index in [1.807, 2.05) is 0 Å². The van der Waals surface area contributed by atoms with Crippen LogP contribution in [0.15, 0.2) is 18.2 Å². The van der Waals surface area contributed by atoms with Crippen molar-refractivity contribution >= 4 is 11.9 Å². The normalized spacial score (nSPS) is 16.6. The topological polar surface area (TPSA) is 84.9 Å². The van der Waals surface area contributed by atoms with E-state index < -0.39 is 23.6 Å². The molecule has 1 heterocycles. The number of halogens is 1. The van der Waals surface area contributed by atoms with E-state index in [4.69, 9.17) is 9.47 Å². The second-order valence-electron chi connectivity index (χ2n) is 5.45. The van der Waals surface area contributed by atoms with Crippen LogP contribution in [-0.2, 0) is 9.53 Å². The molecule has 6 nitrogen and oxygen atoms in total. The fourth-order valence-electron chi connectivity index (χ4n) is 2.69. The van der Waals surface area contributed by atoms with Crippen LogP contribution in [0.2, 0.25) is 0 Å². The summed E-state index contributed by atoms with van der Waals surface area (Å²) in [4.78, 5) is 23.5. The Morgan fingerprint density at radius 3 is 2.70 bits per heavy atom. The maximum Gasteiger partial charge on any atom is 0.308 e. The van der Waals surface area contributed by atoms with E-state index in [1.54, 1.807) is 0 Å². The average Bonchev–Trinajstić information content (AvgIpc) is 2.55. The van der Waals surface area contributed by atoms with Crippen LogP contribution in [0.4, 0.5) is 4.39 Å². The standard InChI is InChI=1S/C16H20FNO5/c1-22-14-3-2-11(8-13(14)17)15(19)18-9-12(16(20)21)10-4-6-23-7-5-10/h2-3,8,10,12H,4-7,9H2,1H3,(H,18,19)(H,20,21). The number of aliphatic carboxylic acids is 1. The van der Waals surface area contributed by atoms with Crippen LogP contribution in [0, 0.1) is 17.7 Å². The van der Waals surface area contributed by atoms with Gasteiger partial charge in [-0.3, -0.25) is 9.59 Å². The van der Waals surface area contributed by atoms with Crippen LogP contribution in [-0.4, -0.2) is 43.9 Å². The van der Waals surface area contributed by atoms with Gasteiger partial charge in [0.25, 0.3) is 5.91 Å². The Morgan fingerprint density at radius 1 is 1.43 bits per heavy atom. The van der Waals surface area contributed by atoms with Gasteiger partial charge in [0.2, 0.25) is 0 Å². The molecule has 0 aromatic heterocycles. The molecule has 1 aliphatic heterocycles. The minimum Gasteiger partial charge on any atom is -0.494 e. The molecular weight excluding hydrogens is 305 g/mol. The summed E-state index contributed by atoms with van der Waals surface area (Å²) in [7, 11) is 1.34. The molecule has 0 spiro atoms. The number of amides is 1. The molecule has 0 saturated carbocycles. The first kappa shape index (κ1) is 17.2. The lowest BCUT2D eigenvalue weighted by molar-refractivity contribution is -0.144. The summed E-state index contributed by atoms with van der Waals surface area (Å²) in [6.45, 7) is 1.07. The number of rotatable bonds is 6. The van der Waals surface area contributed by atoms with Crippen molar-refractivity contribution in [3.8, 4) is 5.75 Å². The predicted octanol–water partition coefficient (Wildman–Crippen LogP) is 1.69. The first-order chi connectivity index (χ1) is 11.0. The van der Waals surface area contributed by atoms with E-state index in [9.17, 15) is 19.1 Å². The third-order valence-corrected chi connectivity index (χ3v) is 4.05. The summed E-state index contributed by atoms with van der Waals surface area (Å²) in [6.07, 6.45) is 1.31. The average molecular weight is 325 g/mol. The van der Waals surface area contributed by atoms with Crippen molar-refractivity contribution in [3.05, 3.63) is 29.6 Å². The van der Waals surface area contributed by atoms with E-state index in [2.05, 4.69) is 5.32 Å². The number of hydrogen-bond donors (Lipinski definition) is 2. The summed E-state index contributed by atoms with van der Waals surface area (Å²) in [5, 5.41) is 11.9. The maximum atomic E-state index is 13.6. The second-order valence-corrected chi connectivity index (χ2v) is 5.45. The molecule has 1 atom stereocenters.